The van der Waals surface area contributed by atoms with Crippen LogP contribution in [0.1, 0.15) is 10.6 Å². The molecule has 2 aromatic carbocycles. The van der Waals surface area contributed by atoms with Crippen LogP contribution < -0.4 is 0 Å². The molecule has 28 heavy (non-hydrogen) atoms. The number of hydrogen-bond donors (Lipinski definition) is 0. The molecule has 0 unspecified atom stereocenters. The van der Waals surface area contributed by atoms with Crippen molar-refractivity contribution < 1.29 is 4.79 Å². The molecule has 0 aliphatic carbocycles. The normalized spacial score (nSPS) is 15.0. The van der Waals surface area contributed by atoms with Gasteiger partial charge in [-0.3, -0.25) is 9.69 Å². The summed E-state index contributed by atoms with van der Waals surface area (Å²) in [5.74, 6) is 0.147. The lowest BCUT2D eigenvalue weighted by molar-refractivity contribution is -0.132. The Balaban J connectivity index is 1.29. The number of halogens is 1. The van der Waals surface area contributed by atoms with E-state index in [0.29, 0.717) is 11.4 Å². The molecule has 1 aliphatic heterocycles. The largest absolute Gasteiger partial charge is 0.340 e. The Morgan fingerprint density at radius 1 is 1.00 bits per heavy atom. The highest BCUT2D eigenvalue weighted by atomic mass is 35.5. The minimum Gasteiger partial charge on any atom is -0.340 e. The minimum atomic E-state index is 0.147. The van der Waals surface area contributed by atoms with Crippen LogP contribution in [0.4, 0.5) is 0 Å². The van der Waals surface area contributed by atoms with E-state index in [-0.39, 0.29) is 5.91 Å². The molecule has 0 radical (unpaired) electrons. The average molecular weight is 412 g/mol. The highest BCUT2D eigenvalue weighted by Crippen LogP contribution is 2.23. The summed E-state index contributed by atoms with van der Waals surface area (Å²) in [6.45, 7) is 4.08. The molecular weight excluding hydrogens is 390 g/mol. The van der Waals surface area contributed by atoms with E-state index >= 15 is 0 Å². The molecule has 0 atom stereocenters. The maximum absolute atomic E-state index is 12.6. The molecule has 1 aromatic heterocycles. The third-order valence-corrected chi connectivity index (χ3v) is 6.21. The van der Waals surface area contributed by atoms with Gasteiger partial charge in [0.25, 0.3) is 0 Å². The number of nitrogens with zero attached hydrogens (tertiary/aromatic N) is 3. The van der Waals surface area contributed by atoms with Gasteiger partial charge in [-0.05, 0) is 11.6 Å². The van der Waals surface area contributed by atoms with Crippen molar-refractivity contribution in [3.8, 4) is 11.3 Å². The van der Waals surface area contributed by atoms with Crippen molar-refractivity contribution in [1.29, 1.82) is 0 Å². The van der Waals surface area contributed by atoms with E-state index in [4.69, 9.17) is 16.6 Å². The van der Waals surface area contributed by atoms with Crippen molar-refractivity contribution in [2.75, 3.05) is 26.2 Å². The summed E-state index contributed by atoms with van der Waals surface area (Å²) in [6.07, 6.45) is 0.368. The summed E-state index contributed by atoms with van der Waals surface area (Å²) in [5, 5.41) is 3.90. The number of rotatable bonds is 5. The van der Waals surface area contributed by atoms with E-state index in [0.717, 1.165) is 54.6 Å². The van der Waals surface area contributed by atoms with E-state index in [1.54, 1.807) is 11.3 Å². The van der Waals surface area contributed by atoms with Crippen molar-refractivity contribution in [1.82, 2.24) is 14.8 Å². The maximum Gasteiger partial charge on any atom is 0.227 e. The highest BCUT2D eigenvalue weighted by molar-refractivity contribution is 7.09. The van der Waals surface area contributed by atoms with Crippen molar-refractivity contribution >= 4 is 28.8 Å². The second kappa shape index (κ2) is 8.86. The highest BCUT2D eigenvalue weighted by Gasteiger charge is 2.22. The summed E-state index contributed by atoms with van der Waals surface area (Å²) < 4.78 is 0. The zero-order valence-electron chi connectivity index (χ0n) is 15.6. The molecule has 1 fully saturated rings. The Hall–Kier alpha value is -2.21. The molecular formula is C22H22ClN3OS. The third kappa shape index (κ3) is 4.61. The van der Waals surface area contributed by atoms with Gasteiger partial charge in [-0.1, -0.05) is 60.1 Å². The first-order valence-corrected chi connectivity index (χ1v) is 10.7. The second-order valence-electron chi connectivity index (χ2n) is 6.92. The summed E-state index contributed by atoms with van der Waals surface area (Å²) in [6, 6.07) is 17.8. The second-order valence-corrected chi connectivity index (χ2v) is 8.27. The lowest BCUT2D eigenvalue weighted by atomic mass is 10.1. The number of piperazine rings is 1. The summed E-state index contributed by atoms with van der Waals surface area (Å²) in [5.41, 5.74) is 3.09. The van der Waals surface area contributed by atoms with Crippen molar-refractivity contribution in [2.24, 2.45) is 0 Å². The topological polar surface area (TPSA) is 36.4 Å². The predicted molar refractivity (Wildman–Crippen MR) is 115 cm³/mol. The van der Waals surface area contributed by atoms with Crippen molar-refractivity contribution in [2.45, 2.75) is 13.0 Å². The van der Waals surface area contributed by atoms with Gasteiger partial charge in [0, 0.05) is 42.1 Å². The lowest BCUT2D eigenvalue weighted by Gasteiger charge is -2.34. The Labute approximate surface area is 174 Å². The van der Waals surface area contributed by atoms with Crippen LogP contribution in [-0.2, 0) is 17.8 Å². The summed E-state index contributed by atoms with van der Waals surface area (Å²) in [7, 11) is 0. The lowest BCUT2D eigenvalue weighted by Crippen LogP contribution is -2.48. The monoisotopic (exact) mass is 411 g/mol. The van der Waals surface area contributed by atoms with Crippen LogP contribution in [0.25, 0.3) is 11.3 Å². The molecule has 0 bridgehead atoms. The quantitative estimate of drug-likeness (QED) is 0.626. The number of amides is 1. The van der Waals surface area contributed by atoms with Crippen LogP contribution >= 0.6 is 22.9 Å². The van der Waals surface area contributed by atoms with Crippen LogP contribution in [0.3, 0.4) is 0 Å². The average Bonchev–Trinajstić information content (AvgIpc) is 3.19. The van der Waals surface area contributed by atoms with Gasteiger partial charge in [0.1, 0.15) is 5.01 Å². The van der Waals surface area contributed by atoms with Crippen molar-refractivity contribution in [3.63, 3.8) is 0 Å². The zero-order chi connectivity index (χ0) is 19.3. The molecule has 2 heterocycles. The first-order chi connectivity index (χ1) is 13.7. The standard InChI is InChI=1S/C22H22ClN3OS/c23-19-9-5-4-8-18(19)14-22(27)26-12-10-25(11-13-26)15-21-24-20(16-28-21)17-6-2-1-3-7-17/h1-9,16H,10-15H2. The smallest absolute Gasteiger partial charge is 0.227 e. The Morgan fingerprint density at radius 2 is 1.71 bits per heavy atom. The molecule has 144 valence electrons. The van der Waals surface area contributed by atoms with E-state index in [9.17, 15) is 4.79 Å². The van der Waals surface area contributed by atoms with Gasteiger partial charge in [0.15, 0.2) is 0 Å². The van der Waals surface area contributed by atoms with E-state index < -0.39 is 0 Å². The van der Waals surface area contributed by atoms with Gasteiger partial charge in [-0.2, -0.15) is 0 Å². The third-order valence-electron chi connectivity index (χ3n) is 5.00. The molecule has 3 aromatic rings. The van der Waals surface area contributed by atoms with Crippen LogP contribution in [0.2, 0.25) is 5.02 Å². The van der Waals surface area contributed by atoms with Crippen LogP contribution in [0.5, 0.6) is 0 Å². The number of carbonyl (C=O) groups is 1. The molecule has 1 saturated heterocycles. The van der Waals surface area contributed by atoms with Gasteiger partial charge in [0.05, 0.1) is 18.7 Å². The van der Waals surface area contributed by atoms with E-state index in [1.807, 2.05) is 47.4 Å². The molecule has 4 nitrogen and oxygen atoms in total. The first kappa shape index (κ1) is 19.1. The molecule has 0 saturated carbocycles. The Kier molecular flexibility index (Phi) is 6.05. The molecule has 0 spiro atoms. The zero-order valence-corrected chi connectivity index (χ0v) is 17.1. The maximum atomic E-state index is 12.6. The van der Waals surface area contributed by atoms with E-state index in [1.165, 1.54) is 0 Å². The molecule has 1 amide bonds. The molecule has 4 rings (SSSR count). The van der Waals surface area contributed by atoms with Gasteiger partial charge in [-0.15, -0.1) is 11.3 Å². The number of aromatic nitrogens is 1. The first-order valence-electron chi connectivity index (χ1n) is 9.42. The van der Waals surface area contributed by atoms with Crippen molar-refractivity contribution in [3.05, 3.63) is 75.6 Å². The van der Waals surface area contributed by atoms with Gasteiger partial charge in [-0.25, -0.2) is 4.98 Å². The molecule has 0 N–H and O–H groups in total. The number of benzene rings is 2. The number of thiazole rings is 1. The van der Waals surface area contributed by atoms with Gasteiger partial charge >= 0.3 is 0 Å². The fourth-order valence-electron chi connectivity index (χ4n) is 3.39. The number of hydrogen-bond acceptors (Lipinski definition) is 4. The van der Waals surface area contributed by atoms with Crippen LogP contribution in [0.15, 0.2) is 60.0 Å². The minimum absolute atomic E-state index is 0.147. The Morgan fingerprint density at radius 3 is 2.46 bits per heavy atom. The molecule has 6 heteroatoms. The summed E-state index contributed by atoms with van der Waals surface area (Å²) >= 11 is 7.88. The SMILES string of the molecule is O=C(Cc1ccccc1Cl)N1CCN(Cc2nc(-c3ccccc3)cs2)CC1. The predicted octanol–water partition coefficient (Wildman–Crippen LogP) is 4.35. The number of carbonyl (C=O) groups excluding carboxylic acids is 1. The van der Waals surface area contributed by atoms with Gasteiger partial charge < -0.3 is 4.90 Å². The Bertz CT molecular complexity index is 936. The van der Waals surface area contributed by atoms with E-state index in [2.05, 4.69) is 22.4 Å². The van der Waals surface area contributed by atoms with Gasteiger partial charge in [0.2, 0.25) is 5.91 Å². The fraction of sp³-hybridized carbons (Fsp3) is 0.273. The molecule has 1 aliphatic rings. The van der Waals surface area contributed by atoms with Crippen LogP contribution in [-0.4, -0.2) is 46.9 Å². The fourth-order valence-corrected chi connectivity index (χ4v) is 4.44. The summed E-state index contributed by atoms with van der Waals surface area (Å²) in [4.78, 5) is 21.7. The van der Waals surface area contributed by atoms with Crippen LogP contribution in [0, 0.1) is 0 Å².